The van der Waals surface area contributed by atoms with Crippen molar-refractivity contribution in [2.75, 3.05) is 18.9 Å². The fourth-order valence-electron chi connectivity index (χ4n) is 1.58. The number of sulfone groups is 1. The first-order chi connectivity index (χ1) is 9.81. The Morgan fingerprint density at radius 1 is 1.38 bits per heavy atom. The van der Waals surface area contributed by atoms with Gasteiger partial charge in [-0.1, -0.05) is 17.7 Å². The van der Waals surface area contributed by atoms with E-state index in [1.54, 1.807) is 12.1 Å². The van der Waals surface area contributed by atoms with Crippen molar-refractivity contribution in [3.05, 3.63) is 29.3 Å². The highest BCUT2D eigenvalue weighted by molar-refractivity contribution is 7.91. The third-order valence-electron chi connectivity index (χ3n) is 2.63. The summed E-state index contributed by atoms with van der Waals surface area (Å²) in [5.41, 5.74) is 0. The second-order valence-corrected chi connectivity index (χ2v) is 7.34. The summed E-state index contributed by atoms with van der Waals surface area (Å²) in [5, 5.41) is 2.97. The van der Waals surface area contributed by atoms with Gasteiger partial charge in [-0.3, -0.25) is 4.79 Å². The minimum atomic E-state index is -3.50. The lowest BCUT2D eigenvalue weighted by Crippen LogP contribution is -2.29. The molecule has 1 amide bonds. The molecule has 0 aliphatic carbocycles. The molecule has 0 saturated carbocycles. The summed E-state index contributed by atoms with van der Waals surface area (Å²) < 4.78 is 29.4. The molecule has 21 heavy (non-hydrogen) atoms. The number of hydrogen-bond acceptors (Lipinski definition) is 4. The van der Waals surface area contributed by atoms with Crippen LogP contribution in [0.25, 0.3) is 0 Å². The maximum absolute atomic E-state index is 12.0. The topological polar surface area (TPSA) is 72.5 Å². The van der Waals surface area contributed by atoms with Gasteiger partial charge >= 0.3 is 0 Å². The molecule has 1 aromatic rings. The zero-order valence-electron chi connectivity index (χ0n) is 12.1. The summed E-state index contributed by atoms with van der Waals surface area (Å²) in [7, 11) is -3.50. The van der Waals surface area contributed by atoms with E-state index in [1.807, 2.05) is 13.8 Å². The molecule has 0 unspecified atom stereocenters. The number of amides is 1. The number of halogens is 1. The number of carbonyl (C=O) groups excluding carboxylic acids is 1. The van der Waals surface area contributed by atoms with Gasteiger partial charge in [-0.05, 0) is 32.0 Å². The number of hydrogen-bond donors (Lipinski definition) is 1. The minimum Gasteiger partial charge on any atom is -0.377 e. The van der Waals surface area contributed by atoms with E-state index >= 15 is 0 Å². The summed E-state index contributed by atoms with van der Waals surface area (Å²) in [5.74, 6) is -0.558. The molecule has 0 bridgehead atoms. The van der Waals surface area contributed by atoms with Gasteiger partial charge in [-0.15, -0.1) is 0 Å². The Kier molecular flexibility index (Phi) is 7.14. The Hall–Kier alpha value is -1.11. The van der Waals surface area contributed by atoms with Crippen LogP contribution in [-0.2, 0) is 19.4 Å². The highest BCUT2D eigenvalue weighted by Gasteiger charge is 2.16. The molecule has 0 atom stereocenters. The van der Waals surface area contributed by atoms with Crippen LogP contribution in [-0.4, -0.2) is 39.3 Å². The predicted molar refractivity (Wildman–Crippen MR) is 82.2 cm³/mol. The summed E-state index contributed by atoms with van der Waals surface area (Å²) in [6.45, 7) is 4.58. The Morgan fingerprint density at radius 3 is 2.71 bits per heavy atom. The second-order valence-electron chi connectivity index (χ2n) is 4.80. The van der Waals surface area contributed by atoms with Gasteiger partial charge in [0, 0.05) is 18.0 Å². The van der Waals surface area contributed by atoms with Crippen LogP contribution in [0.15, 0.2) is 29.2 Å². The van der Waals surface area contributed by atoms with E-state index in [1.165, 1.54) is 12.1 Å². The fourth-order valence-corrected chi connectivity index (χ4v) is 3.12. The second kappa shape index (κ2) is 8.36. The Bertz CT molecular complexity index is 572. The molecule has 0 spiro atoms. The van der Waals surface area contributed by atoms with Crippen molar-refractivity contribution in [1.29, 1.82) is 0 Å². The molecule has 0 saturated heterocycles. The van der Waals surface area contributed by atoms with Gasteiger partial charge in [0.05, 0.1) is 23.4 Å². The van der Waals surface area contributed by atoms with Crippen molar-refractivity contribution in [2.45, 2.75) is 31.3 Å². The molecule has 0 heterocycles. The number of rotatable bonds is 8. The number of ether oxygens (including phenoxy) is 1. The lowest BCUT2D eigenvalue weighted by Gasteiger charge is -2.09. The van der Waals surface area contributed by atoms with Crippen LogP contribution in [0, 0.1) is 0 Å². The van der Waals surface area contributed by atoms with Crippen molar-refractivity contribution in [1.82, 2.24) is 5.32 Å². The lowest BCUT2D eigenvalue weighted by atomic mass is 10.4. The van der Waals surface area contributed by atoms with E-state index in [-0.39, 0.29) is 29.1 Å². The van der Waals surface area contributed by atoms with E-state index in [4.69, 9.17) is 16.3 Å². The molecule has 1 N–H and O–H groups in total. The highest BCUT2D eigenvalue weighted by Crippen LogP contribution is 2.17. The fraction of sp³-hybridized carbons (Fsp3) is 0.500. The number of benzene rings is 1. The molecule has 7 heteroatoms. The minimum absolute atomic E-state index is 0.0868. The van der Waals surface area contributed by atoms with Gasteiger partial charge in [0.25, 0.3) is 0 Å². The first-order valence-corrected chi connectivity index (χ1v) is 8.71. The molecular weight excluding hydrogens is 314 g/mol. The molecule has 1 rings (SSSR count). The van der Waals surface area contributed by atoms with Crippen molar-refractivity contribution < 1.29 is 17.9 Å². The van der Waals surface area contributed by atoms with Gasteiger partial charge in [0.2, 0.25) is 5.91 Å². The average Bonchev–Trinajstić information content (AvgIpc) is 2.41. The van der Waals surface area contributed by atoms with Gasteiger partial charge in [-0.2, -0.15) is 0 Å². The zero-order valence-corrected chi connectivity index (χ0v) is 13.7. The Labute approximate surface area is 130 Å². The van der Waals surface area contributed by atoms with Crippen molar-refractivity contribution in [3.8, 4) is 0 Å². The first kappa shape index (κ1) is 17.9. The SMILES string of the molecule is CC(C)OCCNC(=O)CCS(=O)(=O)c1cccc(Cl)c1. The smallest absolute Gasteiger partial charge is 0.221 e. The normalized spacial score (nSPS) is 11.6. The quantitative estimate of drug-likeness (QED) is 0.739. The van der Waals surface area contributed by atoms with E-state index in [0.717, 1.165) is 0 Å². The molecule has 0 aromatic heterocycles. The van der Waals surface area contributed by atoms with E-state index in [2.05, 4.69) is 5.32 Å². The molecule has 5 nitrogen and oxygen atoms in total. The van der Waals surface area contributed by atoms with Crippen LogP contribution < -0.4 is 5.32 Å². The summed E-state index contributed by atoms with van der Waals surface area (Å²) in [4.78, 5) is 11.7. The summed E-state index contributed by atoms with van der Waals surface area (Å²) >= 11 is 5.77. The highest BCUT2D eigenvalue weighted by atomic mass is 35.5. The van der Waals surface area contributed by atoms with Crippen LogP contribution in [0.1, 0.15) is 20.3 Å². The van der Waals surface area contributed by atoms with Crippen molar-refractivity contribution >= 4 is 27.3 Å². The third-order valence-corrected chi connectivity index (χ3v) is 4.58. The summed E-state index contributed by atoms with van der Waals surface area (Å²) in [6, 6.07) is 6.02. The first-order valence-electron chi connectivity index (χ1n) is 6.68. The van der Waals surface area contributed by atoms with E-state index in [9.17, 15) is 13.2 Å². The van der Waals surface area contributed by atoms with Gasteiger partial charge in [0.1, 0.15) is 0 Å². The van der Waals surface area contributed by atoms with E-state index < -0.39 is 9.84 Å². The van der Waals surface area contributed by atoms with Crippen LogP contribution in [0.3, 0.4) is 0 Å². The molecule has 0 fully saturated rings. The van der Waals surface area contributed by atoms with Crippen LogP contribution in [0.4, 0.5) is 0 Å². The van der Waals surface area contributed by atoms with Gasteiger partial charge in [-0.25, -0.2) is 8.42 Å². The average molecular weight is 334 g/mol. The maximum atomic E-state index is 12.0. The zero-order chi connectivity index (χ0) is 15.9. The molecule has 0 aliphatic heterocycles. The van der Waals surface area contributed by atoms with Crippen LogP contribution in [0.2, 0.25) is 5.02 Å². The van der Waals surface area contributed by atoms with Crippen molar-refractivity contribution in [2.24, 2.45) is 0 Å². The Morgan fingerprint density at radius 2 is 2.10 bits per heavy atom. The molecule has 0 radical (unpaired) electrons. The number of carbonyl (C=O) groups is 1. The monoisotopic (exact) mass is 333 g/mol. The molecule has 118 valence electrons. The van der Waals surface area contributed by atoms with Crippen LogP contribution >= 0.6 is 11.6 Å². The summed E-state index contributed by atoms with van der Waals surface area (Å²) in [6.07, 6.45) is 0.0152. The molecule has 1 aromatic carbocycles. The van der Waals surface area contributed by atoms with Crippen LogP contribution in [0.5, 0.6) is 0 Å². The lowest BCUT2D eigenvalue weighted by molar-refractivity contribution is -0.121. The largest absolute Gasteiger partial charge is 0.377 e. The number of nitrogens with one attached hydrogen (secondary N) is 1. The standard InChI is InChI=1S/C14H20ClNO4S/c1-11(2)20-8-7-16-14(17)6-9-21(18,19)13-5-3-4-12(15)10-13/h3-5,10-11H,6-9H2,1-2H3,(H,16,17). The molecular formula is C14H20ClNO4S. The van der Waals surface area contributed by atoms with Crippen molar-refractivity contribution in [3.63, 3.8) is 0 Å². The maximum Gasteiger partial charge on any atom is 0.221 e. The third kappa shape index (κ3) is 6.93. The Balaban J connectivity index is 2.41. The van der Waals surface area contributed by atoms with E-state index in [0.29, 0.717) is 18.2 Å². The predicted octanol–water partition coefficient (Wildman–Crippen LogP) is 2.04. The van der Waals surface area contributed by atoms with Gasteiger partial charge in [0.15, 0.2) is 9.84 Å². The van der Waals surface area contributed by atoms with Gasteiger partial charge < -0.3 is 10.1 Å². The molecule has 0 aliphatic rings.